The number of aryl methyl sites for hydroxylation is 1. The maximum absolute atomic E-state index is 12.1. The van der Waals surface area contributed by atoms with Gasteiger partial charge in [-0.3, -0.25) is 4.68 Å². The lowest BCUT2D eigenvalue weighted by atomic mass is 10.3. The summed E-state index contributed by atoms with van der Waals surface area (Å²) in [5.41, 5.74) is 6.54. The van der Waals surface area contributed by atoms with Crippen molar-refractivity contribution in [1.82, 2.24) is 19.5 Å². The Morgan fingerprint density at radius 2 is 2.25 bits per heavy atom. The van der Waals surface area contributed by atoms with Crippen LogP contribution in [0.15, 0.2) is 33.9 Å². The van der Waals surface area contributed by atoms with Gasteiger partial charge in [0.2, 0.25) is 10.0 Å². The summed E-state index contributed by atoms with van der Waals surface area (Å²) >= 11 is 3.18. The molecule has 0 saturated heterocycles. The first-order chi connectivity index (χ1) is 9.40. The molecule has 2 rings (SSSR count). The van der Waals surface area contributed by atoms with Gasteiger partial charge in [-0.25, -0.2) is 18.1 Å². The highest BCUT2D eigenvalue weighted by molar-refractivity contribution is 9.10. The van der Waals surface area contributed by atoms with Crippen molar-refractivity contribution >= 4 is 31.8 Å². The van der Waals surface area contributed by atoms with Crippen LogP contribution in [-0.4, -0.2) is 29.7 Å². The average molecular weight is 360 g/mol. The highest BCUT2D eigenvalue weighted by Crippen LogP contribution is 2.20. The zero-order valence-corrected chi connectivity index (χ0v) is 13.1. The highest BCUT2D eigenvalue weighted by atomic mass is 79.9. The Morgan fingerprint density at radius 1 is 1.50 bits per heavy atom. The van der Waals surface area contributed by atoms with E-state index in [0.717, 1.165) is 5.69 Å². The first-order valence-electron chi connectivity index (χ1n) is 5.78. The van der Waals surface area contributed by atoms with Gasteiger partial charge in [-0.05, 0) is 28.1 Å². The smallest absolute Gasteiger partial charge is 0.244 e. The van der Waals surface area contributed by atoms with E-state index in [9.17, 15) is 8.42 Å². The Kier molecular flexibility index (Phi) is 4.41. The normalized spacial score (nSPS) is 11.7. The number of hydrogen-bond donors (Lipinski definition) is 2. The van der Waals surface area contributed by atoms with E-state index in [1.807, 2.05) is 6.07 Å². The lowest BCUT2D eigenvalue weighted by Gasteiger charge is -2.09. The minimum absolute atomic E-state index is 0.0266. The summed E-state index contributed by atoms with van der Waals surface area (Å²) in [6, 6.07) is 3.26. The Balaban J connectivity index is 2.08. The molecule has 0 fully saturated rings. The molecular weight excluding hydrogens is 346 g/mol. The van der Waals surface area contributed by atoms with Crippen LogP contribution in [0.5, 0.6) is 0 Å². The summed E-state index contributed by atoms with van der Waals surface area (Å²) in [7, 11) is -1.87. The maximum Gasteiger partial charge on any atom is 0.244 e. The fraction of sp³-hybridized carbons (Fsp3) is 0.273. The molecule has 20 heavy (non-hydrogen) atoms. The number of sulfonamides is 1. The van der Waals surface area contributed by atoms with Crippen molar-refractivity contribution in [2.75, 3.05) is 12.3 Å². The maximum atomic E-state index is 12.1. The number of aromatic nitrogens is 3. The molecule has 0 saturated carbocycles. The second kappa shape index (κ2) is 5.90. The monoisotopic (exact) mass is 359 g/mol. The summed E-state index contributed by atoms with van der Waals surface area (Å²) in [5, 5.41) is 4.02. The fourth-order valence-electron chi connectivity index (χ4n) is 1.68. The number of pyridine rings is 1. The van der Waals surface area contributed by atoms with E-state index in [-0.39, 0.29) is 17.3 Å². The summed E-state index contributed by atoms with van der Waals surface area (Å²) in [4.78, 5) is 3.78. The number of anilines is 1. The second-order valence-corrected chi connectivity index (χ2v) is 6.78. The number of halogens is 1. The van der Waals surface area contributed by atoms with Gasteiger partial charge in [0.05, 0.1) is 0 Å². The molecule has 2 aromatic heterocycles. The van der Waals surface area contributed by atoms with Gasteiger partial charge in [-0.1, -0.05) is 0 Å². The lowest BCUT2D eigenvalue weighted by Crippen LogP contribution is -2.27. The predicted molar refractivity (Wildman–Crippen MR) is 78.4 cm³/mol. The van der Waals surface area contributed by atoms with E-state index in [2.05, 4.69) is 30.7 Å². The largest absolute Gasteiger partial charge is 0.383 e. The van der Waals surface area contributed by atoms with E-state index in [1.165, 1.54) is 12.3 Å². The van der Waals surface area contributed by atoms with Gasteiger partial charge in [0.25, 0.3) is 0 Å². The average Bonchev–Trinajstić information content (AvgIpc) is 2.78. The molecule has 0 amide bonds. The predicted octanol–water partition coefficient (Wildman–Crippen LogP) is 0.681. The van der Waals surface area contributed by atoms with Crippen molar-refractivity contribution in [3.05, 3.63) is 34.7 Å². The Hall–Kier alpha value is -1.45. The Labute approximate surface area is 125 Å². The molecule has 0 aliphatic carbocycles. The highest BCUT2D eigenvalue weighted by Gasteiger charge is 2.18. The number of nitrogens with zero attached hydrogens (tertiary/aromatic N) is 3. The van der Waals surface area contributed by atoms with Crippen LogP contribution >= 0.6 is 15.9 Å². The molecule has 0 aliphatic heterocycles. The molecular formula is C11H14BrN5O2S. The first kappa shape index (κ1) is 14.9. The van der Waals surface area contributed by atoms with Crippen LogP contribution in [0.4, 0.5) is 5.82 Å². The fourth-order valence-corrected chi connectivity index (χ4v) is 3.30. The van der Waals surface area contributed by atoms with Crippen molar-refractivity contribution < 1.29 is 8.42 Å². The van der Waals surface area contributed by atoms with Crippen LogP contribution in [-0.2, 0) is 23.5 Å². The van der Waals surface area contributed by atoms with Crippen LogP contribution in [0, 0.1) is 0 Å². The molecule has 0 aliphatic rings. The molecule has 108 valence electrons. The summed E-state index contributed by atoms with van der Waals surface area (Å²) in [5.74, 6) is -0.0266. The van der Waals surface area contributed by atoms with E-state index in [0.29, 0.717) is 10.9 Å². The van der Waals surface area contributed by atoms with E-state index in [4.69, 9.17) is 5.73 Å². The van der Waals surface area contributed by atoms with Crippen molar-refractivity contribution in [1.29, 1.82) is 0 Å². The molecule has 7 nitrogen and oxygen atoms in total. The summed E-state index contributed by atoms with van der Waals surface area (Å²) < 4.78 is 29.0. The summed E-state index contributed by atoms with van der Waals surface area (Å²) in [6.07, 6.45) is 3.65. The van der Waals surface area contributed by atoms with Crippen LogP contribution in [0.25, 0.3) is 0 Å². The Morgan fingerprint density at radius 3 is 2.90 bits per heavy atom. The van der Waals surface area contributed by atoms with Crippen molar-refractivity contribution in [3.63, 3.8) is 0 Å². The van der Waals surface area contributed by atoms with Crippen LogP contribution in [0.3, 0.4) is 0 Å². The van der Waals surface area contributed by atoms with E-state index < -0.39 is 10.0 Å². The zero-order chi connectivity index (χ0) is 14.8. The van der Waals surface area contributed by atoms with Crippen LogP contribution in [0.1, 0.15) is 5.69 Å². The van der Waals surface area contributed by atoms with Crippen LogP contribution in [0.2, 0.25) is 0 Å². The van der Waals surface area contributed by atoms with E-state index in [1.54, 1.807) is 17.9 Å². The lowest BCUT2D eigenvalue weighted by molar-refractivity contribution is 0.579. The molecule has 0 unspecified atom stereocenters. The molecule has 0 atom stereocenters. The molecule has 0 bridgehead atoms. The second-order valence-electron chi connectivity index (χ2n) is 4.13. The first-order valence-corrected chi connectivity index (χ1v) is 8.05. The quantitative estimate of drug-likeness (QED) is 0.816. The van der Waals surface area contributed by atoms with Gasteiger partial charge in [0.15, 0.2) is 0 Å². The molecule has 2 heterocycles. The van der Waals surface area contributed by atoms with E-state index >= 15 is 0 Å². The standard InChI is InChI=1S/C11H14BrN5O2S/c1-17-9(2-4-15-17)3-5-16-20(18,19)10-6-8(12)7-14-11(10)13/h2,4,6-7,16H,3,5H2,1H3,(H2,13,14). The third-order valence-corrected chi connectivity index (χ3v) is 4.66. The molecule has 0 radical (unpaired) electrons. The molecule has 2 aromatic rings. The number of hydrogen-bond acceptors (Lipinski definition) is 5. The molecule has 9 heteroatoms. The van der Waals surface area contributed by atoms with Gasteiger partial charge in [0.1, 0.15) is 10.7 Å². The summed E-state index contributed by atoms with van der Waals surface area (Å²) in [6.45, 7) is 0.258. The van der Waals surface area contributed by atoms with Gasteiger partial charge < -0.3 is 5.73 Å². The Bertz CT molecular complexity index is 713. The number of nitrogens with two attached hydrogens (primary N) is 1. The van der Waals surface area contributed by atoms with Crippen molar-refractivity contribution in [2.45, 2.75) is 11.3 Å². The zero-order valence-electron chi connectivity index (χ0n) is 10.7. The van der Waals surface area contributed by atoms with Crippen LogP contribution < -0.4 is 10.5 Å². The van der Waals surface area contributed by atoms with Gasteiger partial charge in [0, 0.05) is 42.6 Å². The number of nitrogen functional groups attached to an aromatic ring is 1. The third-order valence-electron chi connectivity index (χ3n) is 2.73. The number of nitrogens with one attached hydrogen (secondary N) is 1. The van der Waals surface area contributed by atoms with Gasteiger partial charge >= 0.3 is 0 Å². The molecule has 3 N–H and O–H groups in total. The van der Waals surface area contributed by atoms with Crippen molar-refractivity contribution in [3.8, 4) is 0 Å². The SMILES string of the molecule is Cn1nccc1CCNS(=O)(=O)c1cc(Br)cnc1N. The van der Waals surface area contributed by atoms with Gasteiger partial charge in [-0.2, -0.15) is 5.10 Å². The molecule has 0 spiro atoms. The third kappa shape index (κ3) is 3.35. The minimum Gasteiger partial charge on any atom is -0.383 e. The van der Waals surface area contributed by atoms with Crippen molar-refractivity contribution in [2.24, 2.45) is 7.05 Å². The number of rotatable bonds is 5. The topological polar surface area (TPSA) is 103 Å². The minimum atomic E-state index is -3.68. The molecule has 0 aromatic carbocycles. The van der Waals surface area contributed by atoms with Gasteiger partial charge in [-0.15, -0.1) is 0 Å².